The molecule has 1 saturated carbocycles. The second kappa shape index (κ2) is 3.79. The summed E-state index contributed by atoms with van der Waals surface area (Å²) < 4.78 is 0. The molecule has 0 heterocycles. The first kappa shape index (κ1) is 12.1. The fourth-order valence-electron chi connectivity index (χ4n) is 3.55. The van der Waals surface area contributed by atoms with Gasteiger partial charge in [-0.15, -0.1) is 12.3 Å². The molecule has 3 heteroatoms. The summed E-state index contributed by atoms with van der Waals surface area (Å²) >= 11 is 0. The van der Waals surface area contributed by atoms with Crippen LogP contribution in [0.1, 0.15) is 41.6 Å². The van der Waals surface area contributed by atoms with Crippen molar-refractivity contribution in [2.45, 2.75) is 31.3 Å². The van der Waals surface area contributed by atoms with Crippen molar-refractivity contribution in [2.24, 2.45) is 5.41 Å². The van der Waals surface area contributed by atoms with E-state index in [2.05, 4.69) is 5.92 Å². The third kappa shape index (κ3) is 1.32. The third-order valence-corrected chi connectivity index (χ3v) is 4.53. The Morgan fingerprint density at radius 3 is 2.79 bits per heavy atom. The summed E-state index contributed by atoms with van der Waals surface area (Å²) in [5.74, 6) is 2.38. The molecule has 0 aliphatic heterocycles. The normalized spacial score (nSPS) is 32.6. The van der Waals surface area contributed by atoms with Crippen molar-refractivity contribution < 1.29 is 14.7 Å². The minimum Gasteiger partial charge on any atom is -0.384 e. The Bertz CT molecular complexity index is 625. The number of ketones is 2. The zero-order valence-electron chi connectivity index (χ0n) is 10.5. The van der Waals surface area contributed by atoms with Gasteiger partial charge in [-0.3, -0.25) is 9.59 Å². The molecule has 1 aromatic carbocycles. The molecule has 0 amide bonds. The highest BCUT2D eigenvalue weighted by molar-refractivity contribution is 6.08. The number of benzene rings is 1. The summed E-state index contributed by atoms with van der Waals surface area (Å²) in [7, 11) is 0. The monoisotopic (exact) mass is 254 g/mol. The van der Waals surface area contributed by atoms with Crippen LogP contribution < -0.4 is 0 Å². The summed E-state index contributed by atoms with van der Waals surface area (Å²) in [6, 6.07) is 6.97. The largest absolute Gasteiger partial charge is 0.384 e. The molecule has 96 valence electrons. The molecule has 1 fully saturated rings. The number of carbonyl (C=O) groups is 2. The SMILES string of the molecule is C#CC[C@]12CCC(=O)C[C@@]1(O)c1ccccc1C2=O. The molecule has 0 spiro atoms. The zero-order chi connectivity index (χ0) is 13.7. The van der Waals surface area contributed by atoms with Gasteiger partial charge in [0.25, 0.3) is 0 Å². The first-order valence-electron chi connectivity index (χ1n) is 6.37. The van der Waals surface area contributed by atoms with Crippen molar-refractivity contribution in [2.75, 3.05) is 0 Å². The van der Waals surface area contributed by atoms with Crippen LogP contribution >= 0.6 is 0 Å². The van der Waals surface area contributed by atoms with Gasteiger partial charge in [0.2, 0.25) is 0 Å². The van der Waals surface area contributed by atoms with E-state index >= 15 is 0 Å². The maximum absolute atomic E-state index is 12.7. The average Bonchev–Trinajstić information content (AvgIpc) is 2.59. The quantitative estimate of drug-likeness (QED) is 0.778. The van der Waals surface area contributed by atoms with Gasteiger partial charge >= 0.3 is 0 Å². The molecule has 1 N–H and O–H groups in total. The maximum Gasteiger partial charge on any atom is 0.173 e. The van der Waals surface area contributed by atoms with Gasteiger partial charge in [0.1, 0.15) is 11.4 Å². The third-order valence-electron chi connectivity index (χ3n) is 4.53. The predicted molar refractivity (Wildman–Crippen MR) is 69.4 cm³/mol. The molecule has 3 nitrogen and oxygen atoms in total. The van der Waals surface area contributed by atoms with E-state index in [-0.39, 0.29) is 24.4 Å². The topological polar surface area (TPSA) is 54.4 Å². The number of hydrogen-bond acceptors (Lipinski definition) is 3. The number of fused-ring (bicyclic) bond motifs is 3. The van der Waals surface area contributed by atoms with E-state index in [0.717, 1.165) is 0 Å². The van der Waals surface area contributed by atoms with Gasteiger partial charge in [-0.25, -0.2) is 0 Å². The molecule has 19 heavy (non-hydrogen) atoms. The van der Waals surface area contributed by atoms with Crippen LogP contribution in [0, 0.1) is 17.8 Å². The average molecular weight is 254 g/mol. The van der Waals surface area contributed by atoms with Crippen molar-refractivity contribution in [1.29, 1.82) is 0 Å². The lowest BCUT2D eigenvalue weighted by Gasteiger charge is -2.43. The minimum absolute atomic E-state index is 0.0142. The van der Waals surface area contributed by atoms with Crippen LogP contribution in [0.5, 0.6) is 0 Å². The highest BCUT2D eigenvalue weighted by Crippen LogP contribution is 2.58. The van der Waals surface area contributed by atoms with Gasteiger partial charge in [0.05, 0.1) is 5.41 Å². The maximum atomic E-state index is 12.7. The van der Waals surface area contributed by atoms with Crippen molar-refractivity contribution >= 4 is 11.6 Å². The molecular weight excluding hydrogens is 240 g/mol. The minimum atomic E-state index is -1.43. The summed E-state index contributed by atoms with van der Waals surface area (Å²) in [5, 5.41) is 11.0. The molecular formula is C16H14O3. The van der Waals surface area contributed by atoms with Crippen molar-refractivity contribution in [1.82, 2.24) is 0 Å². The van der Waals surface area contributed by atoms with Crippen LogP contribution in [0.2, 0.25) is 0 Å². The second-order valence-corrected chi connectivity index (χ2v) is 5.41. The van der Waals surface area contributed by atoms with Gasteiger partial charge in [0.15, 0.2) is 5.78 Å². The molecule has 0 bridgehead atoms. The van der Waals surface area contributed by atoms with E-state index < -0.39 is 11.0 Å². The fourth-order valence-corrected chi connectivity index (χ4v) is 3.55. The lowest BCUT2D eigenvalue weighted by atomic mass is 9.61. The predicted octanol–water partition coefficient (Wildman–Crippen LogP) is 1.83. The van der Waals surface area contributed by atoms with E-state index in [4.69, 9.17) is 6.42 Å². The van der Waals surface area contributed by atoms with Crippen LogP contribution in [0.25, 0.3) is 0 Å². The zero-order valence-corrected chi connectivity index (χ0v) is 10.5. The molecule has 2 aliphatic rings. The van der Waals surface area contributed by atoms with E-state index in [1.165, 1.54) is 0 Å². The lowest BCUT2D eigenvalue weighted by molar-refractivity contribution is -0.140. The fraction of sp³-hybridized carbons (Fsp3) is 0.375. The van der Waals surface area contributed by atoms with Crippen LogP contribution in [0.3, 0.4) is 0 Å². The van der Waals surface area contributed by atoms with Crippen molar-refractivity contribution in [3.8, 4) is 12.3 Å². The van der Waals surface area contributed by atoms with E-state index in [0.29, 0.717) is 24.0 Å². The highest BCUT2D eigenvalue weighted by atomic mass is 16.3. The molecule has 0 aromatic heterocycles. The Kier molecular flexibility index (Phi) is 2.42. The summed E-state index contributed by atoms with van der Waals surface area (Å²) in [4.78, 5) is 24.4. The second-order valence-electron chi connectivity index (χ2n) is 5.41. The Hall–Kier alpha value is -1.92. The van der Waals surface area contributed by atoms with Gasteiger partial charge in [-0.1, -0.05) is 24.3 Å². The number of hydrogen-bond donors (Lipinski definition) is 1. The first-order valence-corrected chi connectivity index (χ1v) is 6.37. The molecule has 0 saturated heterocycles. The van der Waals surface area contributed by atoms with Gasteiger partial charge in [-0.2, -0.15) is 0 Å². The highest BCUT2D eigenvalue weighted by Gasteiger charge is 2.64. The Morgan fingerprint density at radius 2 is 2.05 bits per heavy atom. The standard InChI is InChI=1S/C16H14O3/c1-2-8-15-9-7-11(17)10-16(15,19)13-6-4-3-5-12(13)14(15)18/h1,3-6,19H,7-10H2/t15-,16-/m1/s1. The van der Waals surface area contributed by atoms with Crippen LogP contribution in [0.4, 0.5) is 0 Å². The molecule has 0 radical (unpaired) electrons. The lowest BCUT2D eigenvalue weighted by Crippen LogP contribution is -2.50. The van der Waals surface area contributed by atoms with Crippen LogP contribution in [-0.4, -0.2) is 16.7 Å². The molecule has 3 rings (SSSR count). The Balaban J connectivity index is 2.27. The van der Waals surface area contributed by atoms with Gasteiger partial charge in [-0.05, 0) is 12.0 Å². The summed E-state index contributed by atoms with van der Waals surface area (Å²) in [6.07, 6.45) is 6.20. The number of aliphatic hydroxyl groups is 1. The summed E-state index contributed by atoms with van der Waals surface area (Å²) in [6.45, 7) is 0. The first-order chi connectivity index (χ1) is 9.05. The van der Waals surface area contributed by atoms with E-state index in [1.54, 1.807) is 24.3 Å². The van der Waals surface area contributed by atoms with E-state index in [1.807, 2.05) is 0 Å². The van der Waals surface area contributed by atoms with Gasteiger partial charge < -0.3 is 5.11 Å². The number of Topliss-reactive ketones (excluding diaryl/α,β-unsaturated/α-hetero) is 2. The van der Waals surface area contributed by atoms with Crippen molar-refractivity contribution in [3.05, 3.63) is 35.4 Å². The number of rotatable bonds is 1. The smallest absolute Gasteiger partial charge is 0.173 e. The molecule has 1 aromatic rings. The Morgan fingerprint density at radius 1 is 1.32 bits per heavy atom. The number of carbonyl (C=O) groups excluding carboxylic acids is 2. The molecule has 0 unspecified atom stereocenters. The van der Waals surface area contributed by atoms with E-state index in [9.17, 15) is 14.7 Å². The summed E-state index contributed by atoms with van der Waals surface area (Å²) in [5.41, 5.74) is -1.37. The Labute approximate surface area is 111 Å². The van der Waals surface area contributed by atoms with Crippen LogP contribution in [-0.2, 0) is 10.4 Å². The molecule has 2 aliphatic carbocycles. The molecule has 2 atom stereocenters. The number of terminal acetylenes is 1. The van der Waals surface area contributed by atoms with Gasteiger partial charge in [0, 0.05) is 24.8 Å². The van der Waals surface area contributed by atoms with Crippen molar-refractivity contribution in [3.63, 3.8) is 0 Å². The van der Waals surface area contributed by atoms with Crippen LogP contribution in [0.15, 0.2) is 24.3 Å².